The second-order valence-electron chi connectivity index (χ2n) is 4.43. The molecule has 5 heteroatoms. The van der Waals surface area contributed by atoms with E-state index in [0.29, 0.717) is 17.2 Å². The van der Waals surface area contributed by atoms with Gasteiger partial charge < -0.3 is 9.47 Å². The van der Waals surface area contributed by atoms with Gasteiger partial charge in [0, 0.05) is 6.07 Å². The normalized spacial score (nSPS) is 10.2. The van der Waals surface area contributed by atoms with Crippen LogP contribution in [0.4, 0.5) is 0 Å². The Bertz CT molecular complexity index is 654. The lowest BCUT2D eigenvalue weighted by Gasteiger charge is -2.12. The van der Waals surface area contributed by atoms with Crippen molar-refractivity contribution in [3.05, 3.63) is 46.9 Å². The third kappa shape index (κ3) is 2.61. The first kappa shape index (κ1) is 14.0. The summed E-state index contributed by atoms with van der Waals surface area (Å²) in [6, 6.07) is 5.29. The van der Waals surface area contributed by atoms with Crippen LogP contribution in [0, 0.1) is 13.8 Å². The number of methoxy groups -OCH3 is 2. The molecule has 0 amide bonds. The summed E-state index contributed by atoms with van der Waals surface area (Å²) >= 11 is 0. The summed E-state index contributed by atoms with van der Waals surface area (Å²) in [7, 11) is 3.04. The van der Waals surface area contributed by atoms with Crippen molar-refractivity contribution in [3.63, 3.8) is 0 Å². The molecule has 5 nitrogen and oxygen atoms in total. The molecule has 1 aromatic carbocycles. The maximum atomic E-state index is 12.6. The molecule has 1 heterocycles. The first-order valence-corrected chi connectivity index (χ1v) is 6.12. The van der Waals surface area contributed by atoms with Crippen LogP contribution in [-0.2, 0) is 0 Å². The number of hydrogen-bond donors (Lipinski definition) is 0. The maximum absolute atomic E-state index is 12.6. The Hall–Kier alpha value is -2.43. The summed E-state index contributed by atoms with van der Waals surface area (Å²) in [4.78, 5) is 20.5. The van der Waals surface area contributed by atoms with Crippen molar-refractivity contribution in [2.24, 2.45) is 0 Å². The SMILES string of the molecule is COc1cc(C(=O)c2c(C)cc(C)cc2OC)ncn1. The molecule has 0 saturated heterocycles. The molecule has 20 heavy (non-hydrogen) atoms. The number of benzene rings is 1. The van der Waals surface area contributed by atoms with Gasteiger partial charge in [-0.3, -0.25) is 4.79 Å². The molecule has 0 bridgehead atoms. The minimum Gasteiger partial charge on any atom is -0.496 e. The molecule has 0 N–H and O–H groups in total. The number of ketones is 1. The Morgan fingerprint density at radius 3 is 2.45 bits per heavy atom. The summed E-state index contributed by atoms with van der Waals surface area (Å²) in [5.41, 5.74) is 2.68. The molecular formula is C15H16N2O3. The van der Waals surface area contributed by atoms with Crippen LogP contribution < -0.4 is 9.47 Å². The van der Waals surface area contributed by atoms with E-state index in [1.165, 1.54) is 19.5 Å². The summed E-state index contributed by atoms with van der Waals surface area (Å²) in [6.07, 6.45) is 1.31. The van der Waals surface area contributed by atoms with Gasteiger partial charge in [0.15, 0.2) is 0 Å². The van der Waals surface area contributed by atoms with Crippen LogP contribution in [0.3, 0.4) is 0 Å². The molecule has 0 aliphatic carbocycles. The van der Waals surface area contributed by atoms with Gasteiger partial charge in [-0.15, -0.1) is 0 Å². The lowest BCUT2D eigenvalue weighted by Crippen LogP contribution is -2.09. The largest absolute Gasteiger partial charge is 0.496 e. The van der Waals surface area contributed by atoms with Crippen LogP contribution in [0.1, 0.15) is 27.2 Å². The monoisotopic (exact) mass is 272 g/mol. The molecule has 0 fully saturated rings. The number of nitrogens with zero attached hydrogens (tertiary/aromatic N) is 2. The Kier molecular flexibility index (Phi) is 3.98. The van der Waals surface area contributed by atoms with Crippen LogP contribution in [0.5, 0.6) is 11.6 Å². The zero-order valence-electron chi connectivity index (χ0n) is 11.9. The smallest absolute Gasteiger partial charge is 0.216 e. The van der Waals surface area contributed by atoms with Crippen molar-refractivity contribution in [2.45, 2.75) is 13.8 Å². The summed E-state index contributed by atoms with van der Waals surface area (Å²) in [5, 5.41) is 0. The first-order chi connectivity index (χ1) is 9.56. The van der Waals surface area contributed by atoms with Gasteiger partial charge in [0.25, 0.3) is 0 Å². The van der Waals surface area contributed by atoms with Gasteiger partial charge >= 0.3 is 0 Å². The zero-order valence-corrected chi connectivity index (χ0v) is 11.9. The predicted molar refractivity (Wildman–Crippen MR) is 74.5 cm³/mol. The number of aryl methyl sites for hydroxylation is 2. The molecule has 0 spiro atoms. The average Bonchev–Trinajstić information content (AvgIpc) is 2.45. The van der Waals surface area contributed by atoms with Crippen LogP contribution in [0.15, 0.2) is 24.5 Å². The van der Waals surface area contributed by atoms with Gasteiger partial charge in [0.2, 0.25) is 11.7 Å². The molecule has 2 aromatic rings. The zero-order chi connectivity index (χ0) is 14.7. The Morgan fingerprint density at radius 2 is 1.80 bits per heavy atom. The van der Waals surface area contributed by atoms with E-state index in [1.54, 1.807) is 7.11 Å². The highest BCUT2D eigenvalue weighted by atomic mass is 16.5. The third-order valence-electron chi connectivity index (χ3n) is 2.97. The van der Waals surface area contributed by atoms with Crippen molar-refractivity contribution in [3.8, 4) is 11.6 Å². The fourth-order valence-corrected chi connectivity index (χ4v) is 2.08. The fraction of sp³-hybridized carbons (Fsp3) is 0.267. The van der Waals surface area contributed by atoms with Gasteiger partial charge in [-0.25, -0.2) is 9.97 Å². The number of carbonyl (C=O) groups is 1. The van der Waals surface area contributed by atoms with Gasteiger partial charge in [-0.1, -0.05) is 6.07 Å². The molecule has 0 atom stereocenters. The molecule has 0 aliphatic heterocycles. The van der Waals surface area contributed by atoms with Crippen molar-refractivity contribution in [1.29, 1.82) is 0 Å². The minimum absolute atomic E-state index is 0.208. The highest BCUT2D eigenvalue weighted by Crippen LogP contribution is 2.26. The second-order valence-corrected chi connectivity index (χ2v) is 4.43. The quantitative estimate of drug-likeness (QED) is 0.799. The Morgan fingerprint density at radius 1 is 1.05 bits per heavy atom. The maximum Gasteiger partial charge on any atom is 0.216 e. The van der Waals surface area contributed by atoms with E-state index in [0.717, 1.165) is 11.1 Å². The van der Waals surface area contributed by atoms with Gasteiger partial charge in [-0.2, -0.15) is 0 Å². The molecule has 1 aromatic heterocycles. The number of ether oxygens (including phenoxy) is 2. The average molecular weight is 272 g/mol. The van der Waals surface area contributed by atoms with Crippen LogP contribution in [0.2, 0.25) is 0 Å². The van der Waals surface area contributed by atoms with E-state index in [4.69, 9.17) is 9.47 Å². The topological polar surface area (TPSA) is 61.3 Å². The number of rotatable bonds is 4. The number of hydrogen-bond acceptors (Lipinski definition) is 5. The van der Waals surface area contributed by atoms with E-state index in [-0.39, 0.29) is 11.5 Å². The third-order valence-corrected chi connectivity index (χ3v) is 2.97. The van der Waals surface area contributed by atoms with Gasteiger partial charge in [-0.05, 0) is 31.0 Å². The highest BCUT2D eigenvalue weighted by Gasteiger charge is 2.19. The predicted octanol–water partition coefficient (Wildman–Crippen LogP) is 2.34. The van der Waals surface area contributed by atoms with Crippen molar-refractivity contribution in [1.82, 2.24) is 9.97 Å². The molecule has 0 aliphatic rings. The van der Waals surface area contributed by atoms with Gasteiger partial charge in [0.1, 0.15) is 17.8 Å². The van der Waals surface area contributed by atoms with Crippen LogP contribution >= 0.6 is 0 Å². The number of carbonyl (C=O) groups excluding carboxylic acids is 1. The Balaban J connectivity index is 2.52. The van der Waals surface area contributed by atoms with E-state index in [1.807, 2.05) is 26.0 Å². The molecule has 0 saturated carbocycles. The molecule has 0 unspecified atom stereocenters. The van der Waals surface area contributed by atoms with E-state index in [9.17, 15) is 4.79 Å². The van der Waals surface area contributed by atoms with E-state index >= 15 is 0 Å². The fourth-order valence-electron chi connectivity index (χ4n) is 2.08. The van der Waals surface area contributed by atoms with Crippen molar-refractivity contribution >= 4 is 5.78 Å². The molecule has 0 radical (unpaired) electrons. The van der Waals surface area contributed by atoms with Crippen LogP contribution in [-0.4, -0.2) is 30.0 Å². The first-order valence-electron chi connectivity index (χ1n) is 6.12. The standard InChI is InChI=1S/C15H16N2O3/c1-9-5-10(2)14(12(6-9)19-3)15(18)11-7-13(20-4)17-8-16-11/h5-8H,1-4H3. The molecular weight excluding hydrogens is 256 g/mol. The minimum atomic E-state index is -0.208. The van der Waals surface area contributed by atoms with Crippen LogP contribution in [0.25, 0.3) is 0 Å². The van der Waals surface area contributed by atoms with E-state index in [2.05, 4.69) is 9.97 Å². The summed E-state index contributed by atoms with van der Waals surface area (Å²) < 4.78 is 10.3. The van der Waals surface area contributed by atoms with Crippen molar-refractivity contribution in [2.75, 3.05) is 14.2 Å². The lowest BCUT2D eigenvalue weighted by atomic mass is 9.99. The molecule has 2 rings (SSSR count). The number of aromatic nitrogens is 2. The second kappa shape index (κ2) is 5.69. The Labute approximate surface area is 117 Å². The highest BCUT2D eigenvalue weighted by molar-refractivity contribution is 6.10. The van der Waals surface area contributed by atoms with E-state index < -0.39 is 0 Å². The van der Waals surface area contributed by atoms with Crippen molar-refractivity contribution < 1.29 is 14.3 Å². The summed E-state index contributed by atoms with van der Waals surface area (Å²) in [5.74, 6) is 0.692. The lowest BCUT2D eigenvalue weighted by molar-refractivity contribution is 0.103. The van der Waals surface area contributed by atoms with Gasteiger partial charge in [0.05, 0.1) is 19.8 Å². The molecule has 104 valence electrons. The summed E-state index contributed by atoms with van der Waals surface area (Å²) in [6.45, 7) is 3.83.